The molecule has 0 saturated heterocycles. The summed E-state index contributed by atoms with van der Waals surface area (Å²) < 4.78 is 0. The van der Waals surface area contributed by atoms with Gasteiger partial charge in [-0.05, 0) is 28.3 Å². The highest BCUT2D eigenvalue weighted by molar-refractivity contribution is 6.46. The van der Waals surface area contributed by atoms with E-state index in [-0.39, 0.29) is 0 Å². The Bertz CT molecular complexity index is 732. The predicted octanol–water partition coefficient (Wildman–Crippen LogP) is 5.55. The van der Waals surface area contributed by atoms with Crippen LogP contribution in [0.2, 0.25) is 15.1 Å². The highest BCUT2D eigenvalue weighted by Crippen LogP contribution is 2.35. The van der Waals surface area contributed by atoms with Gasteiger partial charge in [0, 0.05) is 22.5 Å². The highest BCUT2D eigenvalue weighted by Gasteiger charge is 2.08. The SMILES string of the molecule is Clc1[c]c2ccc3c[c]c(Cl)c(Cl)c3c2cc1. The highest BCUT2D eigenvalue weighted by atomic mass is 35.5. The minimum Gasteiger partial charge on any atom is -0.0836 e. The van der Waals surface area contributed by atoms with Gasteiger partial charge >= 0.3 is 0 Å². The number of fused-ring (bicyclic) bond motifs is 3. The van der Waals surface area contributed by atoms with E-state index < -0.39 is 0 Å². The molecule has 0 aliphatic rings. The van der Waals surface area contributed by atoms with Crippen LogP contribution in [0, 0.1) is 12.1 Å². The van der Waals surface area contributed by atoms with Crippen LogP contribution in [-0.4, -0.2) is 0 Å². The van der Waals surface area contributed by atoms with Gasteiger partial charge in [-0.25, -0.2) is 0 Å². The largest absolute Gasteiger partial charge is 0.0836 e. The molecule has 0 spiro atoms. The quantitative estimate of drug-likeness (QED) is 0.473. The van der Waals surface area contributed by atoms with Crippen LogP contribution in [0.5, 0.6) is 0 Å². The second kappa shape index (κ2) is 4.06. The Kier molecular flexibility index (Phi) is 2.67. The van der Waals surface area contributed by atoms with Gasteiger partial charge < -0.3 is 0 Å². The Balaban J connectivity index is 2.58. The Labute approximate surface area is 114 Å². The molecule has 0 saturated carbocycles. The van der Waals surface area contributed by atoms with E-state index in [4.69, 9.17) is 34.8 Å². The Morgan fingerprint density at radius 2 is 1.76 bits per heavy atom. The van der Waals surface area contributed by atoms with Crippen molar-refractivity contribution in [3.8, 4) is 0 Å². The molecule has 82 valence electrons. The zero-order valence-electron chi connectivity index (χ0n) is 8.52. The Hall–Kier alpha value is -0.950. The van der Waals surface area contributed by atoms with Gasteiger partial charge in [0.25, 0.3) is 0 Å². The van der Waals surface area contributed by atoms with Gasteiger partial charge in [0.05, 0.1) is 10.0 Å². The van der Waals surface area contributed by atoms with Crippen LogP contribution in [0.25, 0.3) is 21.5 Å². The lowest BCUT2D eigenvalue weighted by Gasteiger charge is -2.06. The molecule has 3 heteroatoms. The van der Waals surface area contributed by atoms with Gasteiger partial charge in [0.2, 0.25) is 0 Å². The lowest BCUT2D eigenvalue weighted by Crippen LogP contribution is -1.81. The molecular formula is C14H5Cl3. The van der Waals surface area contributed by atoms with Crippen molar-refractivity contribution in [2.45, 2.75) is 0 Å². The molecule has 0 N–H and O–H groups in total. The maximum Gasteiger partial charge on any atom is 0.0683 e. The average molecular weight is 280 g/mol. The Morgan fingerprint density at radius 3 is 2.59 bits per heavy atom. The molecule has 0 aliphatic heterocycles. The van der Waals surface area contributed by atoms with E-state index >= 15 is 0 Å². The number of hydrogen-bond donors (Lipinski definition) is 0. The van der Waals surface area contributed by atoms with Crippen molar-refractivity contribution >= 4 is 56.3 Å². The van der Waals surface area contributed by atoms with E-state index in [1.807, 2.05) is 24.3 Å². The molecule has 0 atom stereocenters. The maximum atomic E-state index is 6.23. The fourth-order valence-electron chi connectivity index (χ4n) is 1.92. The Morgan fingerprint density at radius 1 is 0.941 bits per heavy atom. The summed E-state index contributed by atoms with van der Waals surface area (Å²) in [6.07, 6.45) is 0. The second-order valence-electron chi connectivity index (χ2n) is 3.71. The van der Waals surface area contributed by atoms with Gasteiger partial charge in [-0.1, -0.05) is 53.0 Å². The van der Waals surface area contributed by atoms with Crippen LogP contribution < -0.4 is 0 Å². The first kappa shape index (κ1) is 11.2. The van der Waals surface area contributed by atoms with Crippen LogP contribution in [0.3, 0.4) is 0 Å². The van der Waals surface area contributed by atoms with Crippen molar-refractivity contribution < 1.29 is 0 Å². The molecule has 3 aromatic carbocycles. The first-order chi connectivity index (χ1) is 8.16. The fourth-order valence-corrected chi connectivity index (χ4v) is 2.50. The minimum atomic E-state index is 0.432. The third-order valence-electron chi connectivity index (χ3n) is 2.69. The fraction of sp³-hybridized carbons (Fsp3) is 0. The third-order valence-corrected chi connectivity index (χ3v) is 3.69. The van der Waals surface area contributed by atoms with Gasteiger partial charge in [-0.2, -0.15) is 0 Å². The smallest absolute Gasteiger partial charge is 0.0683 e. The summed E-state index contributed by atoms with van der Waals surface area (Å²) in [4.78, 5) is 0. The van der Waals surface area contributed by atoms with E-state index in [1.54, 1.807) is 6.07 Å². The van der Waals surface area contributed by atoms with Crippen molar-refractivity contribution in [1.29, 1.82) is 0 Å². The van der Waals surface area contributed by atoms with Crippen molar-refractivity contribution in [2.24, 2.45) is 0 Å². The molecule has 0 fully saturated rings. The molecule has 3 rings (SSSR count). The standard InChI is InChI=1S/C14H5Cl3/c15-10-4-5-11-9(7-10)2-1-8-3-6-12(16)14(17)13(8)11/h1-5H. The maximum absolute atomic E-state index is 6.23. The van der Waals surface area contributed by atoms with Crippen molar-refractivity contribution in [3.05, 3.63) is 57.5 Å². The number of benzene rings is 3. The van der Waals surface area contributed by atoms with Crippen LogP contribution in [-0.2, 0) is 0 Å². The van der Waals surface area contributed by atoms with Crippen LogP contribution in [0.4, 0.5) is 0 Å². The van der Waals surface area contributed by atoms with Gasteiger partial charge in [-0.15, -0.1) is 0 Å². The minimum absolute atomic E-state index is 0.432. The van der Waals surface area contributed by atoms with Crippen molar-refractivity contribution in [1.82, 2.24) is 0 Å². The summed E-state index contributed by atoms with van der Waals surface area (Å²) in [5.41, 5.74) is 0. The van der Waals surface area contributed by atoms with Gasteiger partial charge in [-0.3, -0.25) is 0 Å². The topological polar surface area (TPSA) is 0 Å². The molecule has 3 aromatic rings. The summed E-state index contributed by atoms with van der Waals surface area (Å²) in [7, 11) is 0. The molecule has 0 unspecified atom stereocenters. The summed E-state index contributed by atoms with van der Waals surface area (Å²) in [5.74, 6) is 0. The first-order valence-electron chi connectivity index (χ1n) is 4.97. The molecular weight excluding hydrogens is 275 g/mol. The third kappa shape index (κ3) is 1.77. The number of hydrogen-bond acceptors (Lipinski definition) is 0. The monoisotopic (exact) mass is 278 g/mol. The zero-order chi connectivity index (χ0) is 12.0. The molecule has 17 heavy (non-hydrogen) atoms. The molecule has 0 heterocycles. The predicted molar refractivity (Wildman–Crippen MR) is 74.2 cm³/mol. The van der Waals surface area contributed by atoms with Crippen LogP contribution in [0.15, 0.2) is 30.3 Å². The molecule has 0 aromatic heterocycles. The summed E-state index contributed by atoms with van der Waals surface area (Å²) in [6, 6.07) is 15.5. The average Bonchev–Trinajstić information content (AvgIpc) is 2.33. The van der Waals surface area contributed by atoms with Crippen molar-refractivity contribution in [2.75, 3.05) is 0 Å². The number of rotatable bonds is 0. The van der Waals surface area contributed by atoms with Gasteiger partial charge in [0.1, 0.15) is 0 Å². The van der Waals surface area contributed by atoms with E-state index in [2.05, 4.69) is 12.1 Å². The summed E-state index contributed by atoms with van der Waals surface area (Å²) >= 11 is 18.2. The summed E-state index contributed by atoms with van der Waals surface area (Å²) in [6.45, 7) is 0. The van der Waals surface area contributed by atoms with Crippen LogP contribution >= 0.6 is 34.8 Å². The summed E-state index contributed by atoms with van der Waals surface area (Å²) in [5, 5.41) is 5.37. The molecule has 0 amide bonds. The molecule has 2 radical (unpaired) electrons. The lowest BCUT2D eigenvalue weighted by atomic mass is 10.0. The van der Waals surface area contributed by atoms with E-state index in [1.165, 1.54) is 0 Å². The van der Waals surface area contributed by atoms with E-state index in [0.717, 1.165) is 21.5 Å². The lowest BCUT2D eigenvalue weighted by molar-refractivity contribution is 1.74. The van der Waals surface area contributed by atoms with E-state index in [9.17, 15) is 0 Å². The number of halogens is 3. The molecule has 0 nitrogen and oxygen atoms in total. The first-order valence-corrected chi connectivity index (χ1v) is 6.10. The van der Waals surface area contributed by atoms with Crippen LogP contribution in [0.1, 0.15) is 0 Å². The molecule has 0 bridgehead atoms. The van der Waals surface area contributed by atoms with E-state index in [0.29, 0.717) is 15.1 Å². The zero-order valence-corrected chi connectivity index (χ0v) is 10.8. The van der Waals surface area contributed by atoms with Gasteiger partial charge in [0.15, 0.2) is 0 Å². The molecule has 0 aliphatic carbocycles. The normalized spacial score (nSPS) is 11.2. The van der Waals surface area contributed by atoms with Crippen molar-refractivity contribution in [3.63, 3.8) is 0 Å². The second-order valence-corrected chi connectivity index (χ2v) is 4.88.